The van der Waals surface area contributed by atoms with Crippen LogP contribution in [0.5, 0.6) is 5.75 Å². The van der Waals surface area contributed by atoms with Gasteiger partial charge in [-0.15, -0.1) is 0 Å². The van der Waals surface area contributed by atoms with Crippen molar-refractivity contribution in [1.82, 2.24) is 4.98 Å². The van der Waals surface area contributed by atoms with Gasteiger partial charge in [0.15, 0.2) is 0 Å². The van der Waals surface area contributed by atoms with Crippen LogP contribution in [-0.4, -0.2) is 21.9 Å². The van der Waals surface area contributed by atoms with Gasteiger partial charge >= 0.3 is 7.60 Å². The van der Waals surface area contributed by atoms with Crippen LogP contribution in [0, 0.1) is 0 Å². The molecule has 1 heterocycles. The average molecular weight is 291 g/mol. The minimum absolute atomic E-state index is 0.0705. The molecule has 0 fully saturated rings. The van der Waals surface area contributed by atoms with Crippen LogP contribution in [0.4, 0.5) is 0 Å². The Hall–Kier alpha value is -1.94. The number of hydrogen-bond acceptors (Lipinski definition) is 3. The lowest BCUT2D eigenvalue weighted by atomic mass is 10.1. The lowest BCUT2D eigenvalue weighted by Gasteiger charge is -2.10. The first-order chi connectivity index (χ1) is 9.50. The number of benzene rings is 1. The molecule has 1 aromatic carbocycles. The van der Waals surface area contributed by atoms with Gasteiger partial charge in [0, 0.05) is 18.0 Å². The smallest absolute Gasteiger partial charge is 0.356 e. The fraction of sp³-hybridized carbons (Fsp3) is 0.0714. The minimum Gasteiger partial charge on any atom is -0.497 e. The van der Waals surface area contributed by atoms with Gasteiger partial charge in [0.05, 0.1) is 12.4 Å². The third-order valence-electron chi connectivity index (χ3n) is 2.67. The molecule has 0 amide bonds. The second kappa shape index (κ2) is 6.01. The zero-order valence-corrected chi connectivity index (χ0v) is 11.7. The van der Waals surface area contributed by atoms with E-state index in [1.807, 2.05) is 0 Å². The molecule has 0 spiro atoms. The zero-order valence-electron chi connectivity index (χ0n) is 10.8. The molecule has 0 atom stereocenters. The highest BCUT2D eigenvalue weighted by atomic mass is 31.2. The molecule has 0 aliphatic heterocycles. The summed E-state index contributed by atoms with van der Waals surface area (Å²) in [6.07, 6.45) is 4.41. The molecular weight excluding hydrogens is 277 g/mol. The van der Waals surface area contributed by atoms with Crippen LogP contribution >= 0.6 is 7.60 Å². The number of nitrogens with zero attached hydrogens (tertiary/aromatic N) is 1. The molecule has 1 aromatic heterocycles. The van der Waals surface area contributed by atoms with Gasteiger partial charge in [0.2, 0.25) is 0 Å². The fourth-order valence-corrected chi connectivity index (χ4v) is 2.52. The number of aromatic nitrogens is 1. The number of hydrogen-bond donors (Lipinski definition) is 2. The van der Waals surface area contributed by atoms with E-state index in [2.05, 4.69) is 4.98 Å². The number of pyridine rings is 1. The summed E-state index contributed by atoms with van der Waals surface area (Å²) in [5, 5.41) is -0.0705. The van der Waals surface area contributed by atoms with Crippen molar-refractivity contribution in [2.24, 2.45) is 0 Å². The van der Waals surface area contributed by atoms with Gasteiger partial charge < -0.3 is 14.5 Å². The summed E-state index contributed by atoms with van der Waals surface area (Å²) in [6.45, 7) is 0. The summed E-state index contributed by atoms with van der Waals surface area (Å²) in [6, 6.07) is 10.2. The summed E-state index contributed by atoms with van der Waals surface area (Å²) in [7, 11) is -2.87. The minimum atomic E-state index is -4.41. The van der Waals surface area contributed by atoms with Crippen LogP contribution in [0.3, 0.4) is 0 Å². The number of ether oxygens (including phenoxy) is 1. The fourth-order valence-electron chi connectivity index (χ4n) is 1.74. The van der Waals surface area contributed by atoms with Crippen molar-refractivity contribution >= 4 is 19.0 Å². The second-order valence-corrected chi connectivity index (χ2v) is 5.66. The van der Waals surface area contributed by atoms with Crippen molar-refractivity contribution in [2.45, 2.75) is 0 Å². The van der Waals surface area contributed by atoms with Gasteiger partial charge in [0.25, 0.3) is 0 Å². The van der Waals surface area contributed by atoms with Crippen molar-refractivity contribution in [3.63, 3.8) is 0 Å². The lowest BCUT2D eigenvalue weighted by Crippen LogP contribution is -1.89. The molecule has 20 heavy (non-hydrogen) atoms. The monoisotopic (exact) mass is 291 g/mol. The summed E-state index contributed by atoms with van der Waals surface area (Å²) in [4.78, 5) is 22.9. The summed E-state index contributed by atoms with van der Waals surface area (Å²) < 4.78 is 16.7. The van der Waals surface area contributed by atoms with Gasteiger partial charge in [-0.2, -0.15) is 0 Å². The molecule has 0 radical (unpaired) electrons. The normalized spacial score (nSPS) is 12.2. The Morgan fingerprint density at radius 2 is 2.10 bits per heavy atom. The van der Waals surface area contributed by atoms with Crippen molar-refractivity contribution in [2.75, 3.05) is 7.11 Å². The van der Waals surface area contributed by atoms with Gasteiger partial charge in [-0.05, 0) is 29.8 Å². The van der Waals surface area contributed by atoms with Crippen LogP contribution in [0.2, 0.25) is 0 Å². The Bertz CT molecular complexity index is 664. The van der Waals surface area contributed by atoms with Crippen LogP contribution in [0.15, 0.2) is 48.8 Å². The third-order valence-corrected chi connectivity index (χ3v) is 3.68. The van der Waals surface area contributed by atoms with Gasteiger partial charge in [-0.1, -0.05) is 18.2 Å². The van der Waals surface area contributed by atoms with Crippen LogP contribution in [0.25, 0.3) is 11.4 Å². The summed E-state index contributed by atoms with van der Waals surface area (Å²) >= 11 is 0. The van der Waals surface area contributed by atoms with Crippen molar-refractivity contribution in [1.29, 1.82) is 0 Å². The van der Waals surface area contributed by atoms with E-state index >= 15 is 0 Å². The largest absolute Gasteiger partial charge is 0.497 e. The van der Waals surface area contributed by atoms with E-state index in [-0.39, 0.29) is 5.31 Å². The predicted molar refractivity (Wildman–Crippen MR) is 77.1 cm³/mol. The Morgan fingerprint density at radius 3 is 2.70 bits per heavy atom. The first kappa shape index (κ1) is 14.5. The van der Waals surface area contributed by atoms with E-state index in [4.69, 9.17) is 4.74 Å². The van der Waals surface area contributed by atoms with E-state index in [9.17, 15) is 14.4 Å². The first-order valence-corrected chi connectivity index (χ1v) is 7.44. The molecule has 5 nitrogen and oxygen atoms in total. The maximum Gasteiger partial charge on any atom is 0.356 e. The molecule has 0 aliphatic carbocycles. The first-order valence-electron chi connectivity index (χ1n) is 5.83. The Kier molecular flexibility index (Phi) is 4.35. The zero-order chi connectivity index (χ0) is 14.6. The third kappa shape index (κ3) is 3.54. The van der Waals surface area contributed by atoms with Crippen LogP contribution in [-0.2, 0) is 4.57 Å². The molecule has 0 bridgehead atoms. The van der Waals surface area contributed by atoms with E-state index in [0.29, 0.717) is 16.9 Å². The van der Waals surface area contributed by atoms with Crippen LogP contribution < -0.4 is 4.74 Å². The van der Waals surface area contributed by atoms with E-state index in [0.717, 1.165) is 0 Å². The average Bonchev–Trinajstić information content (AvgIpc) is 2.45. The van der Waals surface area contributed by atoms with Gasteiger partial charge in [-0.25, -0.2) is 0 Å². The van der Waals surface area contributed by atoms with Gasteiger partial charge in [0.1, 0.15) is 5.75 Å². The second-order valence-electron chi connectivity index (χ2n) is 4.09. The SMILES string of the molecule is COc1cccc(C=C(c2cccnc2)P(=O)(O)O)c1. The molecule has 2 aromatic rings. The predicted octanol–water partition coefficient (Wildman–Crippen LogP) is 2.77. The van der Waals surface area contributed by atoms with Crippen LogP contribution in [0.1, 0.15) is 11.1 Å². The highest BCUT2D eigenvalue weighted by Gasteiger charge is 2.22. The van der Waals surface area contributed by atoms with E-state index in [1.165, 1.54) is 19.4 Å². The maximum atomic E-state index is 11.7. The highest BCUT2D eigenvalue weighted by molar-refractivity contribution is 7.63. The van der Waals surface area contributed by atoms with E-state index in [1.54, 1.807) is 42.6 Å². The molecule has 6 heteroatoms. The molecule has 0 saturated carbocycles. The van der Waals surface area contributed by atoms with Crippen molar-refractivity contribution in [3.8, 4) is 5.75 Å². The molecule has 0 saturated heterocycles. The Labute approximate surface area is 116 Å². The summed E-state index contributed by atoms with van der Waals surface area (Å²) in [5.41, 5.74) is 1.04. The van der Waals surface area contributed by atoms with Gasteiger partial charge in [-0.3, -0.25) is 9.55 Å². The lowest BCUT2D eigenvalue weighted by molar-refractivity contribution is 0.388. The Morgan fingerprint density at radius 1 is 1.30 bits per heavy atom. The molecule has 0 unspecified atom stereocenters. The topological polar surface area (TPSA) is 79.7 Å². The quantitative estimate of drug-likeness (QED) is 0.847. The van der Waals surface area contributed by atoms with Crippen molar-refractivity contribution in [3.05, 3.63) is 59.9 Å². The molecule has 0 aliphatic rings. The molecular formula is C14H14NO4P. The van der Waals surface area contributed by atoms with Crippen molar-refractivity contribution < 1.29 is 19.1 Å². The standard InChI is InChI=1S/C14H14NO4P/c1-19-13-6-2-4-11(8-13)9-14(20(16,17)18)12-5-3-7-15-10-12/h2-10H,1H3,(H2,16,17,18). The number of methoxy groups -OCH3 is 1. The summed E-state index contributed by atoms with van der Waals surface area (Å²) in [5.74, 6) is 0.620. The molecule has 104 valence electrons. The molecule has 2 rings (SSSR count). The highest BCUT2D eigenvalue weighted by Crippen LogP contribution is 2.51. The Balaban J connectivity index is 2.52. The number of rotatable bonds is 4. The molecule has 2 N–H and O–H groups in total. The van der Waals surface area contributed by atoms with E-state index < -0.39 is 7.60 Å². The maximum absolute atomic E-state index is 11.7.